The van der Waals surface area contributed by atoms with E-state index in [1.54, 1.807) is 20.4 Å². The number of carbonyl (C=O) groups is 1. The Labute approximate surface area is 146 Å². The van der Waals surface area contributed by atoms with Gasteiger partial charge >= 0.3 is 0 Å². The first-order valence-corrected chi connectivity index (χ1v) is 7.92. The van der Waals surface area contributed by atoms with E-state index in [0.717, 1.165) is 28.1 Å². The van der Waals surface area contributed by atoms with Crippen LogP contribution in [0.1, 0.15) is 11.6 Å². The number of aromatic amines is 1. The largest absolute Gasteiger partial charge is 0.497 e. The van der Waals surface area contributed by atoms with Crippen LogP contribution in [0.5, 0.6) is 5.75 Å². The van der Waals surface area contributed by atoms with E-state index in [0.29, 0.717) is 0 Å². The van der Waals surface area contributed by atoms with Crippen molar-refractivity contribution in [2.24, 2.45) is 0 Å². The highest BCUT2D eigenvalue weighted by Gasteiger charge is 2.19. The lowest BCUT2D eigenvalue weighted by Gasteiger charge is -2.17. The first-order chi connectivity index (χ1) is 12.2. The molecular formula is C19H20N4O2. The molecule has 2 aromatic carbocycles. The molecule has 1 aromatic heterocycles. The van der Waals surface area contributed by atoms with Crippen LogP contribution in [-0.4, -0.2) is 30.3 Å². The molecule has 0 aliphatic heterocycles. The Morgan fingerprint density at radius 3 is 2.60 bits per heavy atom. The Kier molecular flexibility index (Phi) is 5.11. The quantitative estimate of drug-likeness (QED) is 0.646. The maximum Gasteiger partial charge on any atom is 0.246 e. The normalized spacial score (nSPS) is 11.8. The van der Waals surface area contributed by atoms with Gasteiger partial charge in [0.15, 0.2) is 0 Å². The zero-order valence-electron chi connectivity index (χ0n) is 14.1. The van der Waals surface area contributed by atoms with Crippen LogP contribution >= 0.6 is 0 Å². The predicted octanol–water partition coefficient (Wildman–Crippen LogP) is 2.98. The van der Waals surface area contributed by atoms with Crippen molar-refractivity contribution in [1.29, 1.82) is 0 Å². The molecule has 0 bridgehead atoms. The lowest BCUT2D eigenvalue weighted by Crippen LogP contribution is -2.30. The molecule has 3 N–H and O–H groups in total. The van der Waals surface area contributed by atoms with Gasteiger partial charge in [0.25, 0.3) is 0 Å². The zero-order valence-corrected chi connectivity index (χ0v) is 14.1. The van der Waals surface area contributed by atoms with Crippen LogP contribution in [0.4, 0.5) is 5.69 Å². The second-order valence-corrected chi connectivity index (χ2v) is 5.55. The fourth-order valence-electron chi connectivity index (χ4n) is 2.64. The number of methoxy groups -OCH3 is 1. The number of ether oxygens (including phenoxy) is 1. The van der Waals surface area contributed by atoms with Crippen molar-refractivity contribution >= 4 is 11.6 Å². The highest BCUT2D eigenvalue weighted by Crippen LogP contribution is 2.23. The van der Waals surface area contributed by atoms with Crippen LogP contribution in [0.3, 0.4) is 0 Å². The van der Waals surface area contributed by atoms with Crippen molar-refractivity contribution in [3.8, 4) is 16.9 Å². The average Bonchev–Trinajstić information content (AvgIpc) is 3.18. The van der Waals surface area contributed by atoms with Crippen molar-refractivity contribution in [3.05, 3.63) is 66.5 Å². The molecule has 0 saturated carbocycles. The van der Waals surface area contributed by atoms with Gasteiger partial charge in [-0.25, -0.2) is 0 Å². The van der Waals surface area contributed by atoms with Crippen LogP contribution in [0.25, 0.3) is 11.1 Å². The lowest BCUT2D eigenvalue weighted by molar-refractivity contribution is -0.118. The molecule has 0 aliphatic rings. The Hall–Kier alpha value is -3.12. The van der Waals surface area contributed by atoms with Crippen molar-refractivity contribution in [3.63, 3.8) is 0 Å². The molecule has 0 unspecified atom stereocenters. The number of nitrogens with zero attached hydrogens (tertiary/aromatic N) is 1. The molecule has 128 valence electrons. The topological polar surface area (TPSA) is 79.0 Å². The van der Waals surface area contributed by atoms with Gasteiger partial charge in [-0.05, 0) is 42.4 Å². The second-order valence-electron chi connectivity index (χ2n) is 5.55. The first kappa shape index (κ1) is 16.7. The molecule has 3 aromatic rings. The highest BCUT2D eigenvalue weighted by atomic mass is 16.5. The first-order valence-electron chi connectivity index (χ1n) is 7.92. The standard InChI is InChI=1S/C19H20N4O2/c1-20-18(14-4-3-5-17(10-14)25-2)19(24)23-16-8-6-13(7-9-16)15-11-21-22-12-15/h3-12,18,20H,1-2H3,(H,21,22)(H,23,24)/t18-/m1/s1. The summed E-state index contributed by atoms with van der Waals surface area (Å²) in [6.07, 6.45) is 3.58. The van der Waals surface area contributed by atoms with Gasteiger partial charge in [-0.3, -0.25) is 9.89 Å². The number of nitrogens with one attached hydrogen (secondary N) is 3. The summed E-state index contributed by atoms with van der Waals surface area (Å²) in [6, 6.07) is 14.6. The van der Waals surface area contributed by atoms with E-state index in [4.69, 9.17) is 4.74 Å². The summed E-state index contributed by atoms with van der Waals surface area (Å²) in [5.74, 6) is 0.585. The number of anilines is 1. The summed E-state index contributed by atoms with van der Waals surface area (Å²) < 4.78 is 5.23. The van der Waals surface area contributed by atoms with Crippen LogP contribution in [-0.2, 0) is 4.79 Å². The monoisotopic (exact) mass is 336 g/mol. The SMILES string of the molecule is CN[C@@H](C(=O)Nc1ccc(-c2cn[nH]c2)cc1)c1cccc(OC)c1. The Morgan fingerprint density at radius 2 is 1.96 bits per heavy atom. The minimum Gasteiger partial charge on any atom is -0.497 e. The van der Waals surface area contributed by atoms with Crippen molar-refractivity contribution in [2.75, 3.05) is 19.5 Å². The van der Waals surface area contributed by atoms with Gasteiger partial charge in [-0.2, -0.15) is 5.10 Å². The molecule has 6 nitrogen and oxygen atoms in total. The van der Waals surface area contributed by atoms with Gasteiger partial charge in [-0.15, -0.1) is 0 Å². The maximum atomic E-state index is 12.6. The molecule has 1 heterocycles. The molecule has 1 amide bonds. The summed E-state index contributed by atoms with van der Waals surface area (Å²) in [7, 11) is 3.36. The third-order valence-electron chi connectivity index (χ3n) is 3.96. The number of likely N-dealkylation sites (N-methyl/N-ethyl adjacent to an activating group) is 1. The van der Waals surface area contributed by atoms with Gasteiger partial charge in [0, 0.05) is 17.4 Å². The molecular weight excluding hydrogens is 316 g/mol. The number of rotatable bonds is 6. The van der Waals surface area contributed by atoms with Crippen molar-refractivity contribution < 1.29 is 9.53 Å². The summed E-state index contributed by atoms with van der Waals surface area (Å²) in [4.78, 5) is 12.6. The Balaban J connectivity index is 1.73. The maximum absolute atomic E-state index is 12.6. The third kappa shape index (κ3) is 3.87. The van der Waals surface area contributed by atoms with E-state index in [2.05, 4.69) is 20.8 Å². The molecule has 0 saturated heterocycles. The van der Waals surface area contributed by atoms with E-state index < -0.39 is 6.04 Å². The minimum absolute atomic E-state index is 0.133. The number of aromatic nitrogens is 2. The van der Waals surface area contributed by atoms with Gasteiger partial charge in [-0.1, -0.05) is 24.3 Å². The lowest BCUT2D eigenvalue weighted by atomic mass is 10.1. The molecule has 1 atom stereocenters. The van der Waals surface area contributed by atoms with Crippen LogP contribution in [0.15, 0.2) is 60.9 Å². The number of H-pyrrole nitrogens is 1. The summed E-state index contributed by atoms with van der Waals surface area (Å²) >= 11 is 0. The Bertz CT molecular complexity index is 829. The highest BCUT2D eigenvalue weighted by molar-refractivity contribution is 5.95. The van der Waals surface area contributed by atoms with Crippen molar-refractivity contribution in [2.45, 2.75) is 6.04 Å². The molecule has 0 radical (unpaired) electrons. The molecule has 0 spiro atoms. The summed E-state index contributed by atoms with van der Waals surface area (Å²) in [6.45, 7) is 0. The van der Waals surface area contributed by atoms with Crippen LogP contribution in [0.2, 0.25) is 0 Å². The number of hydrogen-bond acceptors (Lipinski definition) is 4. The number of carbonyl (C=O) groups excluding carboxylic acids is 1. The minimum atomic E-state index is -0.469. The number of amides is 1. The van der Waals surface area contributed by atoms with E-state index in [1.165, 1.54) is 0 Å². The Morgan fingerprint density at radius 1 is 1.16 bits per heavy atom. The van der Waals surface area contributed by atoms with E-state index in [1.807, 2.05) is 54.7 Å². The molecule has 6 heteroatoms. The van der Waals surface area contributed by atoms with Gasteiger partial charge in [0.1, 0.15) is 11.8 Å². The van der Waals surface area contributed by atoms with E-state index in [-0.39, 0.29) is 5.91 Å². The fraction of sp³-hybridized carbons (Fsp3) is 0.158. The van der Waals surface area contributed by atoms with Gasteiger partial charge in [0.2, 0.25) is 5.91 Å². The third-order valence-corrected chi connectivity index (χ3v) is 3.96. The fourth-order valence-corrected chi connectivity index (χ4v) is 2.64. The smallest absolute Gasteiger partial charge is 0.246 e. The molecule has 25 heavy (non-hydrogen) atoms. The number of hydrogen-bond donors (Lipinski definition) is 3. The summed E-state index contributed by atoms with van der Waals surface area (Å²) in [5.41, 5.74) is 3.61. The van der Waals surface area contributed by atoms with Crippen LogP contribution in [0, 0.1) is 0 Å². The van der Waals surface area contributed by atoms with Crippen molar-refractivity contribution in [1.82, 2.24) is 15.5 Å². The van der Waals surface area contributed by atoms with Gasteiger partial charge < -0.3 is 15.4 Å². The van der Waals surface area contributed by atoms with E-state index in [9.17, 15) is 4.79 Å². The number of benzene rings is 2. The van der Waals surface area contributed by atoms with Crippen LogP contribution < -0.4 is 15.4 Å². The molecule has 0 aliphatic carbocycles. The predicted molar refractivity (Wildman–Crippen MR) is 97.4 cm³/mol. The average molecular weight is 336 g/mol. The van der Waals surface area contributed by atoms with E-state index >= 15 is 0 Å². The molecule has 0 fully saturated rings. The second kappa shape index (κ2) is 7.63. The molecule has 3 rings (SSSR count). The van der Waals surface area contributed by atoms with Gasteiger partial charge in [0.05, 0.1) is 13.3 Å². The summed E-state index contributed by atoms with van der Waals surface area (Å²) in [5, 5.41) is 12.7. The zero-order chi connectivity index (χ0) is 17.6.